The molecular formula is C12H22O5. The zero-order chi connectivity index (χ0) is 12.8. The molecule has 17 heavy (non-hydrogen) atoms. The van der Waals surface area contributed by atoms with Crippen LogP contribution >= 0.6 is 0 Å². The van der Waals surface area contributed by atoms with Gasteiger partial charge in [-0.15, -0.1) is 0 Å². The van der Waals surface area contributed by atoms with Crippen LogP contribution in [0.4, 0.5) is 0 Å². The molecule has 0 unspecified atom stereocenters. The van der Waals surface area contributed by atoms with Crippen molar-refractivity contribution in [2.75, 3.05) is 20.3 Å². The van der Waals surface area contributed by atoms with E-state index in [1.807, 2.05) is 12.2 Å². The van der Waals surface area contributed by atoms with Crippen LogP contribution in [0.3, 0.4) is 0 Å². The lowest BCUT2D eigenvalue weighted by Gasteiger charge is -2.13. The SMILES string of the molecule is CO[C@@H]1O[C@H](COC/C=C/C(C)C)[C@@H](O)[C@H]1O. The highest BCUT2D eigenvalue weighted by atomic mass is 16.7. The third-order valence-electron chi connectivity index (χ3n) is 2.57. The second-order valence-electron chi connectivity index (χ2n) is 4.47. The fourth-order valence-corrected chi connectivity index (χ4v) is 1.63. The summed E-state index contributed by atoms with van der Waals surface area (Å²) in [6, 6.07) is 0. The van der Waals surface area contributed by atoms with Gasteiger partial charge in [0.25, 0.3) is 0 Å². The highest BCUT2D eigenvalue weighted by Gasteiger charge is 2.42. The summed E-state index contributed by atoms with van der Waals surface area (Å²) >= 11 is 0. The summed E-state index contributed by atoms with van der Waals surface area (Å²) in [4.78, 5) is 0. The Bertz CT molecular complexity index is 241. The number of allylic oxidation sites excluding steroid dienone is 1. The van der Waals surface area contributed by atoms with Crippen molar-refractivity contribution in [2.24, 2.45) is 5.92 Å². The number of aliphatic hydroxyl groups excluding tert-OH is 2. The summed E-state index contributed by atoms with van der Waals surface area (Å²) in [5.41, 5.74) is 0. The van der Waals surface area contributed by atoms with E-state index in [1.165, 1.54) is 7.11 Å². The molecule has 0 aliphatic carbocycles. The van der Waals surface area contributed by atoms with Crippen molar-refractivity contribution >= 4 is 0 Å². The third kappa shape index (κ3) is 4.37. The number of methoxy groups -OCH3 is 1. The van der Waals surface area contributed by atoms with E-state index in [1.54, 1.807) is 0 Å². The van der Waals surface area contributed by atoms with Gasteiger partial charge >= 0.3 is 0 Å². The molecule has 1 rings (SSSR count). The first-order valence-corrected chi connectivity index (χ1v) is 5.85. The summed E-state index contributed by atoms with van der Waals surface area (Å²) in [6.45, 7) is 4.87. The molecular weight excluding hydrogens is 224 g/mol. The van der Waals surface area contributed by atoms with Gasteiger partial charge < -0.3 is 24.4 Å². The van der Waals surface area contributed by atoms with E-state index in [-0.39, 0.29) is 6.61 Å². The molecule has 0 radical (unpaired) electrons. The third-order valence-corrected chi connectivity index (χ3v) is 2.57. The monoisotopic (exact) mass is 246 g/mol. The van der Waals surface area contributed by atoms with E-state index in [0.717, 1.165) is 0 Å². The average Bonchev–Trinajstić information content (AvgIpc) is 2.56. The van der Waals surface area contributed by atoms with Crippen LogP contribution < -0.4 is 0 Å². The lowest BCUT2D eigenvalue weighted by atomic mass is 10.1. The predicted molar refractivity (Wildman–Crippen MR) is 62.5 cm³/mol. The molecule has 1 saturated heterocycles. The number of aliphatic hydroxyl groups is 2. The van der Waals surface area contributed by atoms with Crippen LogP contribution in [-0.4, -0.2) is 55.1 Å². The normalized spacial score (nSPS) is 34.0. The van der Waals surface area contributed by atoms with E-state index >= 15 is 0 Å². The largest absolute Gasteiger partial charge is 0.387 e. The minimum Gasteiger partial charge on any atom is -0.387 e. The minimum absolute atomic E-state index is 0.237. The molecule has 1 aliphatic rings. The number of hydrogen-bond acceptors (Lipinski definition) is 5. The Balaban J connectivity index is 2.24. The fraction of sp³-hybridized carbons (Fsp3) is 0.833. The first kappa shape index (κ1) is 14.6. The first-order chi connectivity index (χ1) is 8.06. The van der Waals surface area contributed by atoms with Gasteiger partial charge in [-0.3, -0.25) is 0 Å². The molecule has 5 heteroatoms. The van der Waals surface area contributed by atoms with Gasteiger partial charge in [0.05, 0.1) is 13.2 Å². The molecule has 0 saturated carbocycles. The van der Waals surface area contributed by atoms with Gasteiger partial charge in [0.1, 0.15) is 18.3 Å². The molecule has 5 nitrogen and oxygen atoms in total. The smallest absolute Gasteiger partial charge is 0.186 e. The first-order valence-electron chi connectivity index (χ1n) is 5.85. The van der Waals surface area contributed by atoms with E-state index in [0.29, 0.717) is 12.5 Å². The van der Waals surface area contributed by atoms with E-state index in [9.17, 15) is 10.2 Å². The molecule has 0 aromatic rings. The summed E-state index contributed by atoms with van der Waals surface area (Å²) < 4.78 is 15.5. The summed E-state index contributed by atoms with van der Waals surface area (Å²) in [5, 5.41) is 19.2. The summed E-state index contributed by atoms with van der Waals surface area (Å²) in [6.07, 6.45) is 0.677. The molecule has 0 aromatic carbocycles. The van der Waals surface area contributed by atoms with E-state index < -0.39 is 24.6 Å². The summed E-state index contributed by atoms with van der Waals surface area (Å²) in [7, 11) is 1.43. The van der Waals surface area contributed by atoms with Gasteiger partial charge in [-0.05, 0) is 5.92 Å². The average molecular weight is 246 g/mol. The molecule has 1 heterocycles. The van der Waals surface area contributed by atoms with Crippen LogP contribution in [0.1, 0.15) is 13.8 Å². The Kier molecular flexibility index (Phi) is 6.08. The van der Waals surface area contributed by atoms with Gasteiger partial charge in [0.15, 0.2) is 6.29 Å². The van der Waals surface area contributed by atoms with Crippen LogP contribution in [0.15, 0.2) is 12.2 Å². The maximum atomic E-state index is 9.65. The Morgan fingerprint density at radius 2 is 2.00 bits per heavy atom. The van der Waals surface area contributed by atoms with Crippen molar-refractivity contribution in [3.05, 3.63) is 12.2 Å². The molecule has 4 atom stereocenters. The lowest BCUT2D eigenvalue weighted by molar-refractivity contribution is -0.155. The number of hydrogen-bond donors (Lipinski definition) is 2. The Morgan fingerprint density at radius 3 is 2.53 bits per heavy atom. The van der Waals surface area contributed by atoms with Crippen molar-refractivity contribution in [2.45, 2.75) is 38.4 Å². The van der Waals surface area contributed by atoms with Crippen LogP contribution in [0, 0.1) is 5.92 Å². The maximum Gasteiger partial charge on any atom is 0.186 e. The molecule has 100 valence electrons. The van der Waals surface area contributed by atoms with Gasteiger partial charge in [0.2, 0.25) is 0 Å². The number of ether oxygens (including phenoxy) is 3. The lowest BCUT2D eigenvalue weighted by Crippen LogP contribution is -2.34. The Hall–Kier alpha value is -0.460. The van der Waals surface area contributed by atoms with Crippen molar-refractivity contribution in [3.63, 3.8) is 0 Å². The maximum absolute atomic E-state index is 9.65. The second kappa shape index (κ2) is 7.08. The molecule has 0 bridgehead atoms. The zero-order valence-electron chi connectivity index (χ0n) is 10.6. The van der Waals surface area contributed by atoms with Crippen molar-refractivity contribution < 1.29 is 24.4 Å². The van der Waals surface area contributed by atoms with Gasteiger partial charge in [0, 0.05) is 7.11 Å². The van der Waals surface area contributed by atoms with Crippen LogP contribution in [-0.2, 0) is 14.2 Å². The Labute approximate surface area is 102 Å². The van der Waals surface area contributed by atoms with Crippen molar-refractivity contribution in [1.82, 2.24) is 0 Å². The van der Waals surface area contributed by atoms with Crippen molar-refractivity contribution in [3.8, 4) is 0 Å². The predicted octanol–water partition coefficient (Wildman–Crippen LogP) is 0.308. The van der Waals surface area contributed by atoms with Crippen molar-refractivity contribution in [1.29, 1.82) is 0 Å². The molecule has 2 N–H and O–H groups in total. The Morgan fingerprint density at radius 1 is 1.29 bits per heavy atom. The molecule has 0 aromatic heterocycles. The zero-order valence-corrected chi connectivity index (χ0v) is 10.6. The molecule has 0 spiro atoms. The van der Waals surface area contributed by atoms with Gasteiger partial charge in [-0.1, -0.05) is 26.0 Å². The molecule has 1 aliphatic heterocycles. The van der Waals surface area contributed by atoms with E-state index in [4.69, 9.17) is 14.2 Å². The molecule has 0 amide bonds. The standard InChI is InChI=1S/C12H22O5/c1-8(2)5-4-6-16-7-9-10(13)11(14)12(15-3)17-9/h4-5,8-14H,6-7H2,1-3H3/b5-4+/t9-,10-,11-,12-/m1/s1. The van der Waals surface area contributed by atoms with E-state index in [2.05, 4.69) is 13.8 Å². The quantitative estimate of drug-likeness (QED) is 0.521. The highest BCUT2D eigenvalue weighted by Crippen LogP contribution is 2.21. The topological polar surface area (TPSA) is 68.2 Å². The minimum atomic E-state index is -1.01. The van der Waals surface area contributed by atoms with Gasteiger partial charge in [-0.25, -0.2) is 0 Å². The second-order valence-corrected chi connectivity index (χ2v) is 4.47. The molecule has 1 fully saturated rings. The van der Waals surface area contributed by atoms with Crippen LogP contribution in [0.2, 0.25) is 0 Å². The van der Waals surface area contributed by atoms with Crippen LogP contribution in [0.25, 0.3) is 0 Å². The summed E-state index contributed by atoms with van der Waals surface area (Å²) in [5.74, 6) is 0.492. The van der Waals surface area contributed by atoms with Gasteiger partial charge in [-0.2, -0.15) is 0 Å². The number of rotatable bonds is 6. The van der Waals surface area contributed by atoms with Crippen LogP contribution in [0.5, 0.6) is 0 Å². The highest BCUT2D eigenvalue weighted by molar-refractivity contribution is 4.87. The fourth-order valence-electron chi connectivity index (χ4n) is 1.63.